The summed E-state index contributed by atoms with van der Waals surface area (Å²) >= 11 is 1.50. The Morgan fingerprint density at radius 3 is 2.17 bits per heavy atom. The number of hydrogen-bond donors (Lipinski definition) is 2. The van der Waals surface area contributed by atoms with Crippen LogP contribution >= 0.6 is 11.8 Å². The predicted octanol–water partition coefficient (Wildman–Crippen LogP) is 6.98. The van der Waals surface area contributed by atoms with Crippen molar-refractivity contribution in [1.82, 2.24) is 15.3 Å². The van der Waals surface area contributed by atoms with Crippen LogP contribution in [0.15, 0.2) is 90.2 Å². The number of imidazole rings is 1. The first-order valence-electron chi connectivity index (χ1n) is 13.8. The van der Waals surface area contributed by atoms with Crippen molar-refractivity contribution < 1.29 is 22.8 Å². The van der Waals surface area contributed by atoms with Crippen LogP contribution in [0.2, 0.25) is 0 Å². The standard InChI is InChI=1S/C32H31F3N4O2S/c1-39(22-12-4-2-5-13-22)28(40)27-20-36-30(38-27)42-19-11-3-10-18-31(29(41)37-21-32(33,34)35)25-16-8-6-14-23(25)24-15-7-9-17-26(24)31/h2,4-9,12-17,20H,3,10-11,18-19,21H2,1H3,(H,36,38)(H,37,41). The molecule has 218 valence electrons. The number of thioether (sulfide) groups is 1. The van der Waals surface area contributed by atoms with Gasteiger partial charge in [-0.15, -0.1) is 0 Å². The molecule has 1 aliphatic carbocycles. The second kappa shape index (κ2) is 12.4. The van der Waals surface area contributed by atoms with Crippen LogP contribution in [-0.2, 0) is 10.2 Å². The summed E-state index contributed by atoms with van der Waals surface area (Å²) in [6, 6.07) is 24.3. The molecule has 0 unspecified atom stereocenters. The molecule has 0 saturated carbocycles. The number of nitrogens with zero attached hydrogens (tertiary/aromatic N) is 2. The number of halogens is 3. The molecule has 0 saturated heterocycles. The van der Waals surface area contributed by atoms with Crippen LogP contribution in [0.25, 0.3) is 11.1 Å². The van der Waals surface area contributed by atoms with Crippen molar-refractivity contribution in [3.63, 3.8) is 0 Å². The van der Waals surface area contributed by atoms with E-state index in [2.05, 4.69) is 15.3 Å². The summed E-state index contributed by atoms with van der Waals surface area (Å²) in [5.74, 6) is -0.0811. The number of amides is 2. The Hall–Kier alpha value is -4.05. The highest BCUT2D eigenvalue weighted by molar-refractivity contribution is 7.99. The maximum atomic E-state index is 13.6. The zero-order valence-electron chi connectivity index (χ0n) is 23.1. The summed E-state index contributed by atoms with van der Waals surface area (Å²) < 4.78 is 39.2. The number of benzene rings is 3. The van der Waals surface area contributed by atoms with Gasteiger partial charge in [-0.3, -0.25) is 9.59 Å². The molecule has 4 aromatic rings. The smallest absolute Gasteiger partial charge is 0.346 e. The molecule has 1 aliphatic rings. The lowest BCUT2D eigenvalue weighted by Gasteiger charge is -2.31. The number of H-pyrrole nitrogens is 1. The second-order valence-corrected chi connectivity index (χ2v) is 11.3. The van der Waals surface area contributed by atoms with E-state index in [0.29, 0.717) is 23.7 Å². The molecular weight excluding hydrogens is 561 g/mol. The van der Waals surface area contributed by atoms with Gasteiger partial charge in [0.15, 0.2) is 5.16 Å². The van der Waals surface area contributed by atoms with E-state index in [9.17, 15) is 22.8 Å². The molecule has 0 bridgehead atoms. The minimum Gasteiger partial charge on any atom is -0.346 e. The van der Waals surface area contributed by atoms with E-state index < -0.39 is 24.0 Å². The Morgan fingerprint density at radius 1 is 0.905 bits per heavy atom. The Kier molecular flexibility index (Phi) is 8.72. The minimum atomic E-state index is -4.50. The third-order valence-electron chi connectivity index (χ3n) is 7.57. The summed E-state index contributed by atoms with van der Waals surface area (Å²) in [6.07, 6.45) is -0.356. The van der Waals surface area contributed by atoms with Crippen molar-refractivity contribution in [2.24, 2.45) is 0 Å². The summed E-state index contributed by atoms with van der Waals surface area (Å²) in [5, 5.41) is 2.82. The molecule has 3 aromatic carbocycles. The van der Waals surface area contributed by atoms with Crippen LogP contribution in [0.3, 0.4) is 0 Å². The lowest BCUT2D eigenvalue weighted by molar-refractivity contribution is -0.141. The fraction of sp³-hybridized carbons (Fsp3) is 0.281. The van der Waals surface area contributed by atoms with Crippen molar-refractivity contribution in [1.29, 1.82) is 0 Å². The van der Waals surface area contributed by atoms with Crippen molar-refractivity contribution in [2.45, 2.75) is 42.4 Å². The number of aromatic amines is 1. The lowest BCUT2D eigenvalue weighted by Crippen LogP contribution is -2.47. The molecule has 2 amide bonds. The molecule has 0 spiro atoms. The normalized spacial score (nSPS) is 13.3. The zero-order chi connectivity index (χ0) is 29.7. The van der Waals surface area contributed by atoms with E-state index in [1.165, 1.54) is 18.0 Å². The monoisotopic (exact) mass is 592 g/mol. The van der Waals surface area contributed by atoms with Crippen molar-refractivity contribution in [2.75, 3.05) is 24.2 Å². The minimum absolute atomic E-state index is 0.188. The maximum Gasteiger partial charge on any atom is 0.405 e. The molecule has 0 fully saturated rings. The summed E-state index contributed by atoms with van der Waals surface area (Å²) in [5.41, 5.74) is 3.24. The molecule has 10 heteroatoms. The molecule has 2 N–H and O–H groups in total. The third kappa shape index (κ3) is 6.09. The predicted molar refractivity (Wildman–Crippen MR) is 159 cm³/mol. The Morgan fingerprint density at radius 2 is 1.52 bits per heavy atom. The van der Waals surface area contributed by atoms with E-state index >= 15 is 0 Å². The number of carbonyl (C=O) groups is 2. The number of carbonyl (C=O) groups excluding carboxylic acids is 2. The molecule has 0 atom stereocenters. The largest absolute Gasteiger partial charge is 0.405 e. The molecule has 1 aromatic heterocycles. The van der Waals surface area contributed by atoms with Gasteiger partial charge < -0.3 is 15.2 Å². The van der Waals surface area contributed by atoms with Gasteiger partial charge in [0.1, 0.15) is 17.7 Å². The van der Waals surface area contributed by atoms with Gasteiger partial charge in [-0.2, -0.15) is 13.2 Å². The number of hydrogen-bond acceptors (Lipinski definition) is 4. The quantitative estimate of drug-likeness (QED) is 0.145. The Balaban J connectivity index is 1.21. The molecule has 6 nitrogen and oxygen atoms in total. The van der Waals surface area contributed by atoms with E-state index in [1.54, 1.807) is 11.9 Å². The van der Waals surface area contributed by atoms with Crippen LogP contribution < -0.4 is 10.2 Å². The summed E-state index contributed by atoms with van der Waals surface area (Å²) in [7, 11) is 1.71. The Bertz CT molecular complexity index is 1510. The van der Waals surface area contributed by atoms with E-state index in [0.717, 1.165) is 46.5 Å². The lowest BCUT2D eigenvalue weighted by atomic mass is 9.73. The topological polar surface area (TPSA) is 78.1 Å². The maximum absolute atomic E-state index is 13.6. The van der Waals surface area contributed by atoms with Crippen LogP contribution in [-0.4, -0.2) is 47.3 Å². The van der Waals surface area contributed by atoms with E-state index in [-0.39, 0.29) is 5.91 Å². The van der Waals surface area contributed by atoms with Gasteiger partial charge in [-0.05, 0) is 47.2 Å². The van der Waals surface area contributed by atoms with Gasteiger partial charge in [0.05, 0.1) is 6.20 Å². The van der Waals surface area contributed by atoms with Crippen LogP contribution in [0.4, 0.5) is 18.9 Å². The SMILES string of the molecule is CN(C(=O)c1cnc(SCCCCCC2(C(=O)NCC(F)(F)F)c3ccccc3-c3ccccc32)[nH]1)c1ccccc1. The van der Waals surface area contributed by atoms with Gasteiger partial charge in [-0.25, -0.2) is 4.98 Å². The fourth-order valence-corrected chi connectivity index (χ4v) is 6.41. The van der Waals surface area contributed by atoms with Crippen molar-refractivity contribution >= 4 is 29.3 Å². The fourth-order valence-electron chi connectivity index (χ4n) is 5.56. The molecule has 1 heterocycles. The van der Waals surface area contributed by atoms with Crippen LogP contribution in [0.1, 0.15) is 47.3 Å². The number of fused-ring (bicyclic) bond motifs is 3. The van der Waals surface area contributed by atoms with Gasteiger partial charge in [0.2, 0.25) is 5.91 Å². The zero-order valence-corrected chi connectivity index (χ0v) is 23.9. The molecular formula is C32H31F3N4O2S. The highest BCUT2D eigenvalue weighted by atomic mass is 32.2. The number of nitrogens with one attached hydrogen (secondary N) is 2. The first-order valence-corrected chi connectivity index (χ1v) is 14.7. The Labute approximate surface area is 246 Å². The number of unbranched alkanes of at least 4 members (excludes halogenated alkanes) is 2. The summed E-state index contributed by atoms with van der Waals surface area (Å²) in [6.45, 7) is -1.37. The van der Waals surface area contributed by atoms with Crippen LogP contribution in [0.5, 0.6) is 0 Å². The first kappa shape index (κ1) is 29.4. The van der Waals surface area contributed by atoms with E-state index in [4.69, 9.17) is 0 Å². The van der Waals surface area contributed by atoms with Gasteiger partial charge in [-0.1, -0.05) is 91.3 Å². The van der Waals surface area contributed by atoms with Crippen molar-refractivity contribution in [3.8, 4) is 11.1 Å². The average molecular weight is 593 g/mol. The number of para-hydroxylation sites is 1. The molecule has 5 rings (SSSR count). The van der Waals surface area contributed by atoms with Crippen molar-refractivity contribution in [3.05, 3.63) is 102 Å². The number of alkyl halides is 3. The first-order chi connectivity index (χ1) is 20.2. The molecule has 0 radical (unpaired) electrons. The van der Waals surface area contributed by atoms with Crippen LogP contribution in [0, 0.1) is 0 Å². The average Bonchev–Trinajstić information content (AvgIpc) is 3.59. The summed E-state index contributed by atoms with van der Waals surface area (Å²) in [4.78, 5) is 35.4. The molecule has 42 heavy (non-hydrogen) atoms. The highest BCUT2D eigenvalue weighted by Gasteiger charge is 2.49. The second-order valence-electron chi connectivity index (χ2n) is 10.3. The highest BCUT2D eigenvalue weighted by Crippen LogP contribution is 2.51. The van der Waals surface area contributed by atoms with E-state index in [1.807, 2.05) is 78.9 Å². The van der Waals surface area contributed by atoms with Gasteiger partial charge >= 0.3 is 6.18 Å². The van der Waals surface area contributed by atoms with Gasteiger partial charge in [0, 0.05) is 18.5 Å². The third-order valence-corrected chi connectivity index (χ3v) is 8.54. The molecule has 0 aliphatic heterocycles. The van der Waals surface area contributed by atoms with Gasteiger partial charge in [0.25, 0.3) is 5.91 Å². The number of rotatable bonds is 11. The number of anilines is 1. The number of aromatic nitrogens is 2.